The number of fused-ring (bicyclic) bond motifs is 3. The number of primary amides is 1. The van der Waals surface area contributed by atoms with Gasteiger partial charge in [-0.15, -0.1) is 0 Å². The summed E-state index contributed by atoms with van der Waals surface area (Å²) >= 11 is 0. The number of unbranched alkanes of at least 4 members (excludes halogenated alkanes) is 2. The van der Waals surface area contributed by atoms with Gasteiger partial charge in [-0.3, -0.25) is 43.4 Å². The van der Waals surface area contributed by atoms with Crippen LogP contribution in [0.25, 0.3) is 21.9 Å². The lowest BCUT2D eigenvalue weighted by Crippen LogP contribution is -2.54. The molecule has 99 heavy (non-hydrogen) atoms. The highest BCUT2D eigenvalue weighted by molar-refractivity contribution is 6.13. The molecule has 0 radical (unpaired) electrons. The molecule has 0 unspecified atom stereocenters. The van der Waals surface area contributed by atoms with Crippen LogP contribution in [0.15, 0.2) is 84.9 Å². The number of carbonyl (C=O) groups excluding carboxylic acids is 10. The van der Waals surface area contributed by atoms with Gasteiger partial charge in [0.2, 0.25) is 29.5 Å². The number of alkyl carbamates (subject to hydrolysis) is 2. The second-order valence-electron chi connectivity index (χ2n) is 26.1. The van der Waals surface area contributed by atoms with Gasteiger partial charge in [0, 0.05) is 61.6 Å². The molecule has 3 aromatic carbocycles. The van der Waals surface area contributed by atoms with Crippen molar-refractivity contribution in [2.75, 3.05) is 48.4 Å². The van der Waals surface area contributed by atoms with Crippen LogP contribution in [-0.4, -0.2) is 158 Å². The van der Waals surface area contributed by atoms with Gasteiger partial charge in [0.1, 0.15) is 54.3 Å². The molecule has 1 aliphatic rings. The molecule has 4 atom stereocenters. The number of hydrogen-bond acceptors (Lipinski definition) is 17. The van der Waals surface area contributed by atoms with E-state index < -0.39 is 83.3 Å². The third kappa shape index (κ3) is 24.1. The number of urea groups is 1. The van der Waals surface area contributed by atoms with E-state index in [0.717, 1.165) is 9.80 Å². The number of aromatic nitrogens is 3. The van der Waals surface area contributed by atoms with Crippen LogP contribution in [0, 0.1) is 11.8 Å². The van der Waals surface area contributed by atoms with E-state index in [1.807, 2.05) is 37.5 Å². The van der Waals surface area contributed by atoms with E-state index in [4.69, 9.17) is 34.6 Å². The molecule has 30 nitrogen and oxygen atoms in total. The predicted molar refractivity (Wildman–Crippen MR) is 368 cm³/mol. The van der Waals surface area contributed by atoms with Gasteiger partial charge < -0.3 is 76.9 Å². The van der Waals surface area contributed by atoms with Gasteiger partial charge in [-0.1, -0.05) is 76.6 Å². The number of nitrogens with zero attached hydrogens (tertiary/aromatic N) is 5. The number of carboxylic acid groups (broad SMARTS) is 1. The largest absolute Gasteiger partial charge is 0.465 e. The Morgan fingerprint density at radius 1 is 0.667 bits per heavy atom. The van der Waals surface area contributed by atoms with Gasteiger partial charge in [0.05, 0.1) is 36.3 Å². The van der Waals surface area contributed by atoms with Crippen LogP contribution < -0.4 is 53.2 Å². The maximum absolute atomic E-state index is 13.7. The number of carbonyl (C=O) groups is 11. The lowest BCUT2D eigenvalue weighted by Gasteiger charge is -2.27. The summed E-state index contributed by atoms with van der Waals surface area (Å²) in [5.74, 6) is -3.56. The minimum Gasteiger partial charge on any atom is -0.465 e. The zero-order chi connectivity index (χ0) is 72.7. The van der Waals surface area contributed by atoms with E-state index in [1.54, 1.807) is 109 Å². The summed E-state index contributed by atoms with van der Waals surface area (Å²) in [6, 6.07) is 15.5. The van der Waals surface area contributed by atoms with Crippen molar-refractivity contribution in [3.63, 3.8) is 0 Å². The molecule has 1 aliphatic heterocycles. The predicted octanol–water partition coefficient (Wildman–Crippen LogP) is 7.02. The highest BCUT2D eigenvalue weighted by Crippen LogP contribution is 2.35. The average Bonchev–Trinajstić information content (AvgIpc) is 1.62. The zero-order valence-electron chi connectivity index (χ0n) is 58.0. The maximum atomic E-state index is 13.7. The number of pyridine rings is 1. The fraction of sp³-hybridized carbons (Fsp3) is 0.493. The van der Waals surface area contributed by atoms with Crippen molar-refractivity contribution in [3.05, 3.63) is 102 Å². The molecule has 536 valence electrons. The maximum Gasteiger partial charge on any atom is 0.413 e. The standard InChI is InChI=1S/C69H94N14O16/c1-12-96-39-51-78-57-58(48-19-15-16-20-49(48)76-59(57)82(67(94)95)37-44-23-27-46(28-24-44)74-60(87)43(6)73-62(89)56(42(4)5)80-66(93)99-68(7,8)9)83(51)40-69(10,11)98-36-34-72-65(92)97-38-45-25-29-47(30-26-45)75-61(88)50(21-18-33-71-64(70)91)77-63(90)55(41(2)3)79-52(84)22-14-13-17-35-81-53(85)31-32-54(81)86/h15-16,19-20,23-32,41-43,50,55-56H,12-14,17-18,21-22,33-40H2,1-11H3,(H,72,92)(H,73,89)(H,74,87)(H,75,88)(H,77,90)(H,79,84)(H,80,93)(H,94,95)(H3,70,71,91)/t43-,50-,55-,56-/m0/s1. The number of hydrogen-bond donors (Lipinski definition) is 10. The van der Waals surface area contributed by atoms with Crippen LogP contribution in [0.5, 0.6) is 0 Å². The molecule has 12 amide bonds. The number of para-hydroxylation sites is 1. The van der Waals surface area contributed by atoms with Gasteiger partial charge in [0.15, 0.2) is 5.82 Å². The van der Waals surface area contributed by atoms with Crippen molar-refractivity contribution in [2.24, 2.45) is 17.6 Å². The van der Waals surface area contributed by atoms with E-state index in [1.165, 1.54) is 19.1 Å². The first kappa shape index (κ1) is 77.8. The number of ether oxygens (including phenoxy) is 4. The quantitative estimate of drug-likeness (QED) is 0.0142. The monoisotopic (exact) mass is 1370 g/mol. The molecular weight excluding hydrogens is 1280 g/mol. The lowest BCUT2D eigenvalue weighted by molar-refractivity contribution is -0.137. The van der Waals surface area contributed by atoms with Gasteiger partial charge in [0.25, 0.3) is 11.8 Å². The molecule has 0 spiro atoms. The Morgan fingerprint density at radius 3 is 1.90 bits per heavy atom. The molecule has 3 heterocycles. The van der Waals surface area contributed by atoms with E-state index in [9.17, 15) is 57.8 Å². The number of anilines is 3. The van der Waals surface area contributed by atoms with Crippen molar-refractivity contribution in [2.45, 2.75) is 176 Å². The summed E-state index contributed by atoms with van der Waals surface area (Å²) in [6.45, 7) is 20.0. The second kappa shape index (κ2) is 36.4. The smallest absolute Gasteiger partial charge is 0.413 e. The summed E-state index contributed by atoms with van der Waals surface area (Å²) in [6.07, 6.45) is 1.60. The van der Waals surface area contributed by atoms with E-state index in [0.29, 0.717) is 76.1 Å². The molecule has 0 bridgehead atoms. The van der Waals surface area contributed by atoms with Crippen molar-refractivity contribution in [1.82, 2.24) is 51.3 Å². The summed E-state index contributed by atoms with van der Waals surface area (Å²) < 4.78 is 25.0. The van der Waals surface area contributed by atoms with Gasteiger partial charge in [-0.2, -0.15) is 0 Å². The Morgan fingerprint density at radius 2 is 1.28 bits per heavy atom. The molecule has 6 rings (SSSR count). The fourth-order valence-corrected chi connectivity index (χ4v) is 10.5. The van der Waals surface area contributed by atoms with Crippen molar-refractivity contribution in [1.29, 1.82) is 0 Å². The molecule has 0 saturated carbocycles. The minimum atomic E-state index is -1.31. The van der Waals surface area contributed by atoms with Gasteiger partial charge in [-0.25, -0.2) is 29.1 Å². The summed E-state index contributed by atoms with van der Waals surface area (Å²) in [7, 11) is 0. The van der Waals surface area contributed by atoms with Crippen molar-refractivity contribution in [3.8, 4) is 0 Å². The number of imide groups is 1. The fourth-order valence-electron chi connectivity index (χ4n) is 10.5. The van der Waals surface area contributed by atoms with Crippen molar-refractivity contribution >= 4 is 105 Å². The van der Waals surface area contributed by atoms with Crippen LogP contribution in [-0.2, 0) is 78.8 Å². The van der Waals surface area contributed by atoms with E-state index in [-0.39, 0.29) is 107 Å². The van der Waals surface area contributed by atoms with Crippen LogP contribution in [0.2, 0.25) is 0 Å². The molecule has 2 aromatic heterocycles. The zero-order valence-corrected chi connectivity index (χ0v) is 58.0. The summed E-state index contributed by atoms with van der Waals surface area (Å²) in [4.78, 5) is 153. The van der Waals surface area contributed by atoms with Crippen molar-refractivity contribution < 1.29 is 76.8 Å². The van der Waals surface area contributed by atoms with E-state index in [2.05, 4.69) is 42.5 Å². The summed E-state index contributed by atoms with van der Waals surface area (Å²) in [5.41, 5.74) is 6.76. The number of amides is 12. The third-order valence-corrected chi connectivity index (χ3v) is 15.5. The Balaban J connectivity index is 1.03. The molecule has 11 N–H and O–H groups in total. The third-order valence-electron chi connectivity index (χ3n) is 15.5. The number of imidazole rings is 1. The Hall–Kier alpha value is -10.2. The van der Waals surface area contributed by atoms with Gasteiger partial charge >= 0.3 is 24.3 Å². The lowest BCUT2D eigenvalue weighted by atomic mass is 10.0. The first-order valence-electron chi connectivity index (χ1n) is 33.0. The highest BCUT2D eigenvalue weighted by atomic mass is 16.6. The number of nitrogens with one attached hydrogen (secondary N) is 8. The van der Waals surface area contributed by atoms with Crippen LogP contribution in [0.4, 0.5) is 36.4 Å². The molecule has 0 fully saturated rings. The Labute approximate surface area is 575 Å². The number of benzene rings is 3. The summed E-state index contributed by atoms with van der Waals surface area (Å²) in [5, 5.41) is 33.0. The molecule has 0 saturated heterocycles. The molecular formula is C69H94N14O16. The first-order valence-corrected chi connectivity index (χ1v) is 33.0. The number of rotatable bonds is 36. The SMILES string of the molecule is CCOCc1nc2c(N(Cc3ccc(NC(=O)[C@H](C)NC(=O)[C@@H](NC(=O)OC(C)(C)C)C(C)C)cc3)C(=O)O)nc3ccccc3c2n1CC(C)(C)OCCNC(=O)OCc1ccc(NC(=O)[C@H](CCCNC(N)=O)NC(=O)[C@@H](NC(=O)CCCCCN2C(=O)C=CC2=O)C(C)C)cc1. The van der Waals surface area contributed by atoms with Crippen LogP contribution in [0.3, 0.4) is 0 Å². The average molecular weight is 1380 g/mol. The highest BCUT2D eigenvalue weighted by Gasteiger charge is 2.33. The molecule has 30 heteroatoms. The Bertz CT molecular complexity index is 3700. The second-order valence-corrected chi connectivity index (χ2v) is 26.1. The van der Waals surface area contributed by atoms with E-state index >= 15 is 0 Å². The van der Waals surface area contributed by atoms with Gasteiger partial charge in [-0.05, 0) is 127 Å². The van der Waals surface area contributed by atoms with Crippen LogP contribution >= 0.6 is 0 Å². The first-order chi connectivity index (χ1) is 46.8. The molecule has 0 aliphatic carbocycles. The number of nitrogens with two attached hydrogens (primary N) is 1. The van der Waals surface area contributed by atoms with Crippen LogP contribution in [0.1, 0.15) is 132 Å². The topological polar surface area (TPSA) is 404 Å². The normalized spacial score (nSPS) is 13.5. The molecule has 5 aromatic rings. The minimum absolute atomic E-state index is 0.0562. The Kier molecular flexibility index (Phi) is 28.6.